The van der Waals surface area contributed by atoms with Crippen molar-refractivity contribution < 1.29 is 4.42 Å². The molecule has 0 amide bonds. The van der Waals surface area contributed by atoms with E-state index in [9.17, 15) is 0 Å². The zero-order chi connectivity index (χ0) is 19.3. The van der Waals surface area contributed by atoms with E-state index in [0.29, 0.717) is 29.2 Å². The predicted octanol–water partition coefficient (Wildman–Crippen LogP) is 4.66. The molecule has 7 nitrogen and oxygen atoms in total. The number of aryl methyl sites for hydroxylation is 1. The molecule has 3 N–H and O–H groups in total. The first-order valence-electron chi connectivity index (χ1n) is 8.56. The zero-order valence-electron chi connectivity index (χ0n) is 15.1. The molecule has 1 aromatic carbocycles. The molecule has 28 heavy (non-hydrogen) atoms. The van der Waals surface area contributed by atoms with Gasteiger partial charge < -0.3 is 15.5 Å². The van der Waals surface area contributed by atoms with Gasteiger partial charge in [-0.3, -0.25) is 0 Å². The van der Waals surface area contributed by atoms with Crippen LogP contribution in [0.25, 0.3) is 10.8 Å². The number of thiophene rings is 1. The average Bonchev–Trinajstić information content (AvgIpc) is 3.35. The summed E-state index contributed by atoms with van der Waals surface area (Å²) in [4.78, 5) is 18.4. The van der Waals surface area contributed by atoms with E-state index in [-0.39, 0.29) is 5.95 Å². The third-order valence-electron chi connectivity index (χ3n) is 3.77. The summed E-state index contributed by atoms with van der Waals surface area (Å²) >= 11 is 3.24. The van der Waals surface area contributed by atoms with Crippen molar-refractivity contribution in [1.29, 1.82) is 0 Å². The fourth-order valence-corrected chi connectivity index (χ4v) is 3.87. The molecule has 142 valence electrons. The fraction of sp³-hybridized carbons (Fsp3) is 0.158. The van der Waals surface area contributed by atoms with Crippen LogP contribution in [0.15, 0.2) is 52.5 Å². The number of nitrogens with two attached hydrogens (primary N) is 1. The largest absolute Gasteiger partial charge is 0.444 e. The number of nitrogens with one attached hydrogen (secondary N) is 1. The standard InChI is InChI=1S/C19H18N6OS2/c1-12-4-6-13(7-5-12)22-19-24-16(23-18(20)25-19)11-27-10-14-9-26-17(21-14)15-3-2-8-28-15/h2-9H,10-11H2,1H3,(H3,20,22,23,24,25). The summed E-state index contributed by atoms with van der Waals surface area (Å²) in [5.41, 5.74) is 8.81. The second-order valence-corrected chi connectivity index (χ2v) is 7.97. The van der Waals surface area contributed by atoms with Crippen molar-refractivity contribution in [2.45, 2.75) is 18.4 Å². The van der Waals surface area contributed by atoms with Gasteiger partial charge in [-0.15, -0.1) is 23.1 Å². The van der Waals surface area contributed by atoms with Crippen LogP contribution in [0.4, 0.5) is 17.6 Å². The third-order valence-corrected chi connectivity index (χ3v) is 5.59. The molecule has 0 bridgehead atoms. The number of hydrogen-bond donors (Lipinski definition) is 2. The van der Waals surface area contributed by atoms with Crippen molar-refractivity contribution in [2.75, 3.05) is 11.1 Å². The van der Waals surface area contributed by atoms with Gasteiger partial charge in [0.1, 0.15) is 12.1 Å². The van der Waals surface area contributed by atoms with Crippen LogP contribution in [-0.4, -0.2) is 19.9 Å². The van der Waals surface area contributed by atoms with Gasteiger partial charge in [-0.2, -0.15) is 15.0 Å². The van der Waals surface area contributed by atoms with Gasteiger partial charge in [-0.1, -0.05) is 23.8 Å². The van der Waals surface area contributed by atoms with E-state index < -0.39 is 0 Å². The van der Waals surface area contributed by atoms with Gasteiger partial charge in [0.15, 0.2) is 0 Å². The van der Waals surface area contributed by atoms with Crippen LogP contribution in [-0.2, 0) is 11.5 Å². The normalized spacial score (nSPS) is 10.9. The Balaban J connectivity index is 1.37. The molecule has 9 heteroatoms. The summed E-state index contributed by atoms with van der Waals surface area (Å²) in [7, 11) is 0. The van der Waals surface area contributed by atoms with E-state index in [0.717, 1.165) is 16.3 Å². The second-order valence-electron chi connectivity index (χ2n) is 6.04. The SMILES string of the molecule is Cc1ccc(Nc2nc(N)nc(CSCc3coc(-c4cccs4)n3)n2)cc1. The van der Waals surface area contributed by atoms with E-state index in [1.54, 1.807) is 29.4 Å². The molecular weight excluding hydrogens is 392 g/mol. The topological polar surface area (TPSA) is 103 Å². The smallest absolute Gasteiger partial charge is 0.236 e. The van der Waals surface area contributed by atoms with Gasteiger partial charge >= 0.3 is 0 Å². The van der Waals surface area contributed by atoms with Gasteiger partial charge in [-0.25, -0.2) is 4.98 Å². The lowest BCUT2D eigenvalue weighted by molar-refractivity contribution is 0.575. The Morgan fingerprint density at radius 3 is 2.71 bits per heavy atom. The Kier molecular flexibility index (Phi) is 5.54. The number of hydrogen-bond acceptors (Lipinski definition) is 9. The highest BCUT2D eigenvalue weighted by Gasteiger charge is 2.09. The maximum absolute atomic E-state index is 5.84. The molecule has 4 rings (SSSR count). The summed E-state index contributed by atoms with van der Waals surface area (Å²) in [6.45, 7) is 2.04. The van der Waals surface area contributed by atoms with Crippen LogP contribution >= 0.6 is 23.1 Å². The minimum atomic E-state index is 0.196. The minimum Gasteiger partial charge on any atom is -0.444 e. The molecule has 3 aromatic heterocycles. The Hall–Kier alpha value is -2.91. The number of thioether (sulfide) groups is 1. The van der Waals surface area contributed by atoms with Crippen LogP contribution in [0, 0.1) is 6.92 Å². The van der Waals surface area contributed by atoms with Crippen LogP contribution in [0.1, 0.15) is 17.1 Å². The van der Waals surface area contributed by atoms with Crippen molar-refractivity contribution >= 4 is 40.7 Å². The van der Waals surface area contributed by atoms with Crippen LogP contribution in [0.2, 0.25) is 0 Å². The Morgan fingerprint density at radius 2 is 1.93 bits per heavy atom. The van der Waals surface area contributed by atoms with Gasteiger partial charge in [0.2, 0.25) is 17.8 Å². The highest BCUT2D eigenvalue weighted by Crippen LogP contribution is 2.25. The summed E-state index contributed by atoms with van der Waals surface area (Å²) in [6.07, 6.45) is 1.69. The maximum atomic E-state index is 5.84. The number of oxazole rings is 1. The van der Waals surface area contributed by atoms with E-state index in [1.165, 1.54) is 5.56 Å². The lowest BCUT2D eigenvalue weighted by atomic mass is 10.2. The molecule has 0 aliphatic heterocycles. The molecule has 0 fully saturated rings. The van der Waals surface area contributed by atoms with Crippen molar-refractivity contribution in [3.63, 3.8) is 0 Å². The van der Waals surface area contributed by atoms with Crippen LogP contribution < -0.4 is 11.1 Å². The van der Waals surface area contributed by atoms with E-state index in [4.69, 9.17) is 10.2 Å². The Bertz CT molecular complexity index is 1050. The fourth-order valence-electron chi connectivity index (χ4n) is 2.46. The molecule has 0 aliphatic rings. The molecular formula is C19H18N6OS2. The molecule has 0 saturated heterocycles. The highest BCUT2D eigenvalue weighted by atomic mass is 32.2. The van der Waals surface area contributed by atoms with E-state index in [2.05, 4.69) is 25.3 Å². The Labute approximate surface area is 170 Å². The molecule has 0 aliphatic carbocycles. The average molecular weight is 411 g/mol. The lowest BCUT2D eigenvalue weighted by Crippen LogP contribution is -2.06. The Morgan fingerprint density at radius 1 is 1.07 bits per heavy atom. The quantitative estimate of drug-likeness (QED) is 0.454. The first kappa shape index (κ1) is 18.5. The second kappa shape index (κ2) is 8.41. The molecule has 0 radical (unpaired) electrons. The predicted molar refractivity (Wildman–Crippen MR) is 114 cm³/mol. The lowest BCUT2D eigenvalue weighted by Gasteiger charge is -2.07. The maximum Gasteiger partial charge on any atom is 0.236 e. The summed E-state index contributed by atoms with van der Waals surface area (Å²) < 4.78 is 5.54. The first-order valence-corrected chi connectivity index (χ1v) is 10.6. The van der Waals surface area contributed by atoms with E-state index in [1.807, 2.05) is 48.7 Å². The van der Waals surface area contributed by atoms with Gasteiger partial charge in [-0.05, 0) is 30.5 Å². The molecule has 4 aromatic rings. The summed E-state index contributed by atoms with van der Waals surface area (Å²) in [5.74, 6) is 3.20. The summed E-state index contributed by atoms with van der Waals surface area (Å²) in [5, 5.41) is 5.16. The van der Waals surface area contributed by atoms with Gasteiger partial charge in [0.05, 0.1) is 16.3 Å². The minimum absolute atomic E-state index is 0.196. The number of aromatic nitrogens is 4. The van der Waals surface area contributed by atoms with Crippen molar-refractivity contribution in [1.82, 2.24) is 19.9 Å². The van der Waals surface area contributed by atoms with Crippen molar-refractivity contribution in [2.24, 2.45) is 0 Å². The first-order chi connectivity index (χ1) is 13.7. The zero-order valence-corrected chi connectivity index (χ0v) is 16.8. The van der Waals surface area contributed by atoms with Gasteiger partial charge in [0, 0.05) is 11.4 Å². The summed E-state index contributed by atoms with van der Waals surface area (Å²) in [6, 6.07) is 12.0. The number of rotatable bonds is 7. The molecule has 3 heterocycles. The molecule has 0 unspecified atom stereocenters. The number of anilines is 3. The van der Waals surface area contributed by atoms with Crippen molar-refractivity contribution in [3.8, 4) is 10.8 Å². The number of nitrogen functional groups attached to an aromatic ring is 1. The molecule has 0 atom stereocenters. The molecule has 0 saturated carbocycles. The van der Waals surface area contributed by atoms with Crippen LogP contribution in [0.5, 0.6) is 0 Å². The monoisotopic (exact) mass is 410 g/mol. The van der Waals surface area contributed by atoms with Crippen LogP contribution in [0.3, 0.4) is 0 Å². The van der Waals surface area contributed by atoms with Crippen molar-refractivity contribution in [3.05, 3.63) is 65.1 Å². The van der Waals surface area contributed by atoms with E-state index >= 15 is 0 Å². The number of benzene rings is 1. The van der Waals surface area contributed by atoms with Gasteiger partial charge in [0.25, 0.3) is 0 Å². The third kappa shape index (κ3) is 4.68. The highest BCUT2D eigenvalue weighted by molar-refractivity contribution is 7.97. The molecule has 0 spiro atoms. The number of nitrogens with zero attached hydrogens (tertiary/aromatic N) is 4.